The van der Waals surface area contributed by atoms with Crippen LogP contribution < -0.4 is 0 Å². The number of ether oxygens (including phenoxy) is 4. The van der Waals surface area contributed by atoms with Crippen molar-refractivity contribution in [2.75, 3.05) is 41.0 Å². The molecule has 4 heteroatoms. The highest BCUT2D eigenvalue weighted by Gasteiger charge is 1.87. The largest absolute Gasteiger partial charge is 0.359 e. The highest BCUT2D eigenvalue weighted by atomic mass is 16.7. The quantitative estimate of drug-likeness (QED) is 0.389. The van der Waals surface area contributed by atoms with Gasteiger partial charge in [0.05, 0.1) is 13.2 Å². The van der Waals surface area contributed by atoms with Crippen molar-refractivity contribution in [3.05, 3.63) is 0 Å². The van der Waals surface area contributed by atoms with Crippen LogP contribution in [-0.2, 0) is 18.9 Å². The summed E-state index contributed by atoms with van der Waals surface area (Å²) in [5.41, 5.74) is 0. The van der Waals surface area contributed by atoms with Gasteiger partial charge in [0, 0.05) is 14.2 Å². The van der Waals surface area contributed by atoms with Crippen molar-refractivity contribution in [2.24, 2.45) is 0 Å². The molecule has 0 fully saturated rings. The molecule has 0 heterocycles. The predicted octanol–water partition coefficient (Wildman–Crippen LogP) is 0.617. The Balaban J connectivity index is 2.69. The molecule has 0 aliphatic rings. The maximum atomic E-state index is 5.02. The Morgan fingerprint density at radius 1 is 0.818 bits per heavy atom. The second-order valence-corrected chi connectivity index (χ2v) is 1.98. The maximum Gasteiger partial charge on any atom is 0.146 e. The summed E-state index contributed by atoms with van der Waals surface area (Å²) in [6.07, 6.45) is 0.868. The summed E-state index contributed by atoms with van der Waals surface area (Å²) in [7, 11) is 3.20. The molecule has 0 saturated heterocycles. The molecule has 0 aromatic carbocycles. The second kappa shape index (κ2) is 9.84. The predicted molar refractivity (Wildman–Crippen MR) is 40.3 cm³/mol. The minimum absolute atomic E-state index is 0.351. The first-order chi connectivity index (χ1) is 5.41. The van der Waals surface area contributed by atoms with Crippen molar-refractivity contribution < 1.29 is 18.9 Å². The fraction of sp³-hybridized carbons (Fsp3) is 1.00. The molecule has 0 bridgehead atoms. The summed E-state index contributed by atoms with van der Waals surface area (Å²) in [6.45, 7) is 2.03. The van der Waals surface area contributed by atoms with Gasteiger partial charge in [0.1, 0.15) is 13.6 Å². The number of rotatable bonds is 8. The van der Waals surface area contributed by atoms with Crippen LogP contribution in [0.4, 0.5) is 0 Å². The monoisotopic (exact) mass is 164 g/mol. The summed E-state index contributed by atoms with van der Waals surface area (Å²) >= 11 is 0. The Morgan fingerprint density at radius 2 is 1.27 bits per heavy atom. The zero-order chi connectivity index (χ0) is 8.36. The van der Waals surface area contributed by atoms with E-state index in [0.717, 1.165) is 6.42 Å². The molecule has 0 rings (SSSR count). The average Bonchev–Trinajstić information content (AvgIpc) is 2.03. The lowest BCUT2D eigenvalue weighted by Gasteiger charge is -2.03. The van der Waals surface area contributed by atoms with Gasteiger partial charge in [0.25, 0.3) is 0 Å². The standard InChI is InChI=1S/C7H16O4/c1-8-6-10-4-3-5-11-7-9-2/h3-7H2,1-2H3. The smallest absolute Gasteiger partial charge is 0.146 e. The molecule has 0 atom stereocenters. The molecule has 0 aliphatic heterocycles. The molecular formula is C7H16O4. The highest BCUT2D eigenvalue weighted by Crippen LogP contribution is 1.85. The van der Waals surface area contributed by atoms with Gasteiger partial charge in [-0.15, -0.1) is 0 Å². The Kier molecular flexibility index (Phi) is 9.70. The molecule has 4 nitrogen and oxygen atoms in total. The number of hydrogen-bond donors (Lipinski definition) is 0. The highest BCUT2D eigenvalue weighted by molar-refractivity contribution is 4.30. The number of methoxy groups -OCH3 is 2. The molecule has 0 spiro atoms. The fourth-order valence-electron chi connectivity index (χ4n) is 0.548. The van der Waals surface area contributed by atoms with Crippen molar-refractivity contribution in [2.45, 2.75) is 6.42 Å². The van der Waals surface area contributed by atoms with Crippen LogP contribution in [0.3, 0.4) is 0 Å². The molecule has 0 radical (unpaired) electrons. The van der Waals surface area contributed by atoms with Crippen LogP contribution >= 0.6 is 0 Å². The third kappa shape index (κ3) is 9.84. The van der Waals surface area contributed by atoms with Gasteiger partial charge in [-0.1, -0.05) is 0 Å². The van der Waals surface area contributed by atoms with E-state index in [4.69, 9.17) is 9.47 Å². The van der Waals surface area contributed by atoms with Crippen molar-refractivity contribution >= 4 is 0 Å². The lowest BCUT2D eigenvalue weighted by atomic mass is 10.5. The zero-order valence-corrected chi connectivity index (χ0v) is 7.17. The minimum Gasteiger partial charge on any atom is -0.359 e. The molecule has 11 heavy (non-hydrogen) atoms. The van der Waals surface area contributed by atoms with E-state index in [0.29, 0.717) is 26.8 Å². The molecule has 0 aromatic heterocycles. The molecule has 0 saturated carbocycles. The molecule has 0 aliphatic carbocycles. The normalized spacial score (nSPS) is 10.4. The molecule has 68 valence electrons. The third-order valence-electron chi connectivity index (χ3n) is 0.980. The van der Waals surface area contributed by atoms with Crippen LogP contribution in [0.5, 0.6) is 0 Å². The van der Waals surface area contributed by atoms with Gasteiger partial charge in [-0.25, -0.2) is 0 Å². The molecule has 0 N–H and O–H groups in total. The van der Waals surface area contributed by atoms with Crippen LogP contribution in [0.2, 0.25) is 0 Å². The Bertz CT molecular complexity index is 59.5. The van der Waals surface area contributed by atoms with E-state index in [1.807, 2.05) is 0 Å². The molecule has 0 amide bonds. The SMILES string of the molecule is COCOCCCOCOC. The van der Waals surface area contributed by atoms with E-state index in [9.17, 15) is 0 Å². The van der Waals surface area contributed by atoms with Gasteiger partial charge in [-0.05, 0) is 6.42 Å². The zero-order valence-electron chi connectivity index (χ0n) is 7.17. The minimum atomic E-state index is 0.351. The molecule has 0 aromatic rings. The van der Waals surface area contributed by atoms with Gasteiger partial charge in [0.2, 0.25) is 0 Å². The van der Waals surface area contributed by atoms with Crippen molar-refractivity contribution in [3.63, 3.8) is 0 Å². The molecule has 0 unspecified atom stereocenters. The first-order valence-electron chi connectivity index (χ1n) is 3.55. The first kappa shape index (κ1) is 10.8. The average molecular weight is 164 g/mol. The molecular weight excluding hydrogens is 148 g/mol. The summed E-state index contributed by atoms with van der Waals surface area (Å²) in [4.78, 5) is 0. The summed E-state index contributed by atoms with van der Waals surface area (Å²) in [5.74, 6) is 0. The fourth-order valence-corrected chi connectivity index (χ4v) is 0.548. The summed E-state index contributed by atoms with van der Waals surface area (Å²) in [5, 5.41) is 0. The summed E-state index contributed by atoms with van der Waals surface area (Å²) < 4.78 is 19.4. The third-order valence-corrected chi connectivity index (χ3v) is 0.980. The van der Waals surface area contributed by atoms with E-state index in [-0.39, 0.29) is 0 Å². The van der Waals surface area contributed by atoms with Crippen LogP contribution in [0, 0.1) is 0 Å². The maximum absolute atomic E-state index is 5.02. The van der Waals surface area contributed by atoms with E-state index in [1.54, 1.807) is 14.2 Å². The number of hydrogen-bond acceptors (Lipinski definition) is 4. The van der Waals surface area contributed by atoms with Crippen molar-refractivity contribution in [1.29, 1.82) is 0 Å². The lowest BCUT2D eigenvalue weighted by Crippen LogP contribution is -2.04. The second-order valence-electron chi connectivity index (χ2n) is 1.98. The lowest BCUT2D eigenvalue weighted by molar-refractivity contribution is -0.0565. The van der Waals surface area contributed by atoms with Crippen LogP contribution in [0.25, 0.3) is 0 Å². The van der Waals surface area contributed by atoms with Gasteiger partial charge in [-0.3, -0.25) is 0 Å². The van der Waals surface area contributed by atoms with E-state index in [2.05, 4.69) is 9.47 Å². The van der Waals surface area contributed by atoms with Gasteiger partial charge < -0.3 is 18.9 Å². The summed E-state index contributed by atoms with van der Waals surface area (Å²) in [6, 6.07) is 0. The van der Waals surface area contributed by atoms with E-state index < -0.39 is 0 Å². The van der Waals surface area contributed by atoms with Gasteiger partial charge >= 0.3 is 0 Å². The van der Waals surface area contributed by atoms with Crippen LogP contribution in [0.15, 0.2) is 0 Å². The Hall–Kier alpha value is -0.160. The Morgan fingerprint density at radius 3 is 1.64 bits per heavy atom. The Labute approximate surface area is 67.4 Å². The van der Waals surface area contributed by atoms with Crippen LogP contribution in [-0.4, -0.2) is 41.0 Å². The van der Waals surface area contributed by atoms with E-state index >= 15 is 0 Å². The van der Waals surface area contributed by atoms with Crippen LogP contribution in [0.1, 0.15) is 6.42 Å². The topological polar surface area (TPSA) is 36.9 Å². The van der Waals surface area contributed by atoms with Crippen molar-refractivity contribution in [1.82, 2.24) is 0 Å². The first-order valence-corrected chi connectivity index (χ1v) is 3.55. The van der Waals surface area contributed by atoms with Gasteiger partial charge in [-0.2, -0.15) is 0 Å². The van der Waals surface area contributed by atoms with Gasteiger partial charge in [0.15, 0.2) is 0 Å². The van der Waals surface area contributed by atoms with E-state index in [1.165, 1.54) is 0 Å². The van der Waals surface area contributed by atoms with Crippen molar-refractivity contribution in [3.8, 4) is 0 Å².